The monoisotopic (exact) mass is 360 g/mol. The number of anilines is 1. The van der Waals surface area contributed by atoms with Gasteiger partial charge < -0.3 is 20.1 Å². The van der Waals surface area contributed by atoms with Crippen molar-refractivity contribution in [3.8, 4) is 0 Å². The molecule has 1 aromatic carbocycles. The van der Waals surface area contributed by atoms with Gasteiger partial charge in [-0.25, -0.2) is 4.79 Å². The van der Waals surface area contributed by atoms with Gasteiger partial charge in [-0.2, -0.15) is 0 Å². The van der Waals surface area contributed by atoms with Crippen molar-refractivity contribution in [2.45, 2.75) is 25.8 Å². The highest BCUT2D eigenvalue weighted by atomic mass is 16.5. The molecular weight excluding hydrogens is 336 g/mol. The molecule has 1 heterocycles. The third kappa shape index (κ3) is 4.92. The summed E-state index contributed by atoms with van der Waals surface area (Å²) in [6.45, 7) is 5.80. The van der Waals surface area contributed by atoms with E-state index in [4.69, 9.17) is 4.74 Å². The van der Waals surface area contributed by atoms with Crippen LogP contribution in [0.25, 0.3) is 0 Å². The molecule has 0 radical (unpaired) electrons. The summed E-state index contributed by atoms with van der Waals surface area (Å²) in [6.07, 6.45) is 2.46. The lowest BCUT2D eigenvalue weighted by Crippen LogP contribution is -2.46. The van der Waals surface area contributed by atoms with Crippen molar-refractivity contribution in [3.05, 3.63) is 42.5 Å². The van der Waals surface area contributed by atoms with Crippen LogP contribution >= 0.6 is 0 Å². The second-order valence-electron chi connectivity index (χ2n) is 6.15. The van der Waals surface area contributed by atoms with Gasteiger partial charge in [0.05, 0.1) is 19.1 Å². The first-order valence-electron chi connectivity index (χ1n) is 8.57. The van der Waals surface area contributed by atoms with E-state index < -0.39 is 23.8 Å². The molecule has 0 aromatic heterocycles. The Bertz CT molecular complexity index is 671. The molecule has 2 unspecified atom stereocenters. The summed E-state index contributed by atoms with van der Waals surface area (Å²) in [5, 5.41) is 11.6. The maximum atomic E-state index is 12.4. The van der Waals surface area contributed by atoms with E-state index in [1.165, 1.54) is 11.6 Å². The van der Waals surface area contributed by atoms with E-state index in [-0.39, 0.29) is 32.1 Å². The smallest absolute Gasteiger partial charge is 0.328 e. The molecule has 140 valence electrons. The Kier molecular flexibility index (Phi) is 6.91. The highest BCUT2D eigenvalue weighted by Gasteiger charge is 2.36. The van der Waals surface area contributed by atoms with Gasteiger partial charge in [0.1, 0.15) is 0 Å². The molecule has 2 atom stereocenters. The Morgan fingerprint density at radius 1 is 1.42 bits per heavy atom. The van der Waals surface area contributed by atoms with E-state index in [2.05, 4.69) is 11.9 Å². The van der Waals surface area contributed by atoms with Crippen molar-refractivity contribution >= 4 is 23.5 Å². The van der Waals surface area contributed by atoms with Gasteiger partial charge >= 0.3 is 5.97 Å². The topological polar surface area (TPSA) is 95.9 Å². The molecule has 2 rings (SSSR count). The average Bonchev–Trinajstić information content (AvgIpc) is 3.02. The Labute approximate surface area is 152 Å². The van der Waals surface area contributed by atoms with Crippen LogP contribution in [0.2, 0.25) is 0 Å². The van der Waals surface area contributed by atoms with E-state index in [9.17, 15) is 19.5 Å². The normalized spacial score (nSPS) is 17.8. The van der Waals surface area contributed by atoms with Crippen molar-refractivity contribution in [1.29, 1.82) is 0 Å². The van der Waals surface area contributed by atoms with Crippen molar-refractivity contribution < 1.29 is 24.2 Å². The molecule has 1 aliphatic heterocycles. The lowest BCUT2D eigenvalue weighted by molar-refractivity contribution is -0.144. The van der Waals surface area contributed by atoms with Crippen LogP contribution in [0.4, 0.5) is 5.69 Å². The first kappa shape index (κ1) is 19.7. The number of hydrogen-bond acceptors (Lipinski definition) is 4. The molecule has 1 saturated heterocycles. The standard InChI is InChI=1S/C19H24N2O5/c1-3-9-26-12-16(19(24)25)20-18(23)14-10-17(22)21(11-14)15-7-5-13(4-2)6-8-15/h3,5-8,14,16H,1,4,9-12H2,2H3,(H,20,23)(H,24,25). The SMILES string of the molecule is C=CCOCC(NC(=O)C1CC(=O)N(c2ccc(CC)cc2)C1)C(=O)O. The van der Waals surface area contributed by atoms with Crippen LogP contribution in [0.3, 0.4) is 0 Å². The zero-order valence-corrected chi connectivity index (χ0v) is 14.8. The molecule has 0 aliphatic carbocycles. The first-order valence-corrected chi connectivity index (χ1v) is 8.57. The molecule has 1 fully saturated rings. The molecule has 26 heavy (non-hydrogen) atoms. The molecule has 7 heteroatoms. The Morgan fingerprint density at radius 2 is 2.12 bits per heavy atom. The summed E-state index contributed by atoms with van der Waals surface area (Å²) < 4.78 is 5.11. The number of nitrogens with zero attached hydrogens (tertiary/aromatic N) is 1. The molecule has 0 saturated carbocycles. The minimum Gasteiger partial charge on any atom is -0.480 e. The fraction of sp³-hybridized carbons (Fsp3) is 0.421. The number of aliphatic carboxylic acids is 1. The largest absolute Gasteiger partial charge is 0.480 e. The van der Waals surface area contributed by atoms with E-state index in [0.717, 1.165) is 12.1 Å². The van der Waals surface area contributed by atoms with Crippen molar-refractivity contribution in [2.24, 2.45) is 5.92 Å². The number of carboxylic acid groups (broad SMARTS) is 1. The van der Waals surface area contributed by atoms with Gasteiger partial charge in [-0.05, 0) is 24.1 Å². The number of carbonyl (C=O) groups excluding carboxylic acids is 2. The maximum absolute atomic E-state index is 12.4. The number of rotatable bonds is 9. The van der Waals surface area contributed by atoms with Crippen LogP contribution in [-0.4, -0.2) is 48.7 Å². The third-order valence-corrected chi connectivity index (χ3v) is 4.29. The van der Waals surface area contributed by atoms with Crippen LogP contribution in [0.5, 0.6) is 0 Å². The Balaban J connectivity index is 1.98. The summed E-state index contributed by atoms with van der Waals surface area (Å²) in [6, 6.07) is 6.47. The molecule has 0 bridgehead atoms. The number of carbonyl (C=O) groups is 3. The number of nitrogens with one attached hydrogen (secondary N) is 1. The molecule has 2 N–H and O–H groups in total. The number of aryl methyl sites for hydroxylation is 1. The molecule has 1 aromatic rings. The molecular formula is C19H24N2O5. The Hall–Kier alpha value is -2.67. The molecule has 1 aliphatic rings. The van der Waals surface area contributed by atoms with Gasteiger partial charge in [0.2, 0.25) is 11.8 Å². The summed E-state index contributed by atoms with van der Waals surface area (Å²) in [7, 11) is 0. The number of ether oxygens (including phenoxy) is 1. The van der Waals surface area contributed by atoms with Crippen LogP contribution in [-0.2, 0) is 25.5 Å². The summed E-state index contributed by atoms with van der Waals surface area (Å²) in [4.78, 5) is 37.5. The van der Waals surface area contributed by atoms with Crippen LogP contribution in [0.1, 0.15) is 18.9 Å². The summed E-state index contributed by atoms with van der Waals surface area (Å²) >= 11 is 0. The Morgan fingerprint density at radius 3 is 2.69 bits per heavy atom. The van der Waals surface area contributed by atoms with E-state index in [1.807, 2.05) is 31.2 Å². The van der Waals surface area contributed by atoms with Gasteiger partial charge in [-0.3, -0.25) is 9.59 Å². The zero-order chi connectivity index (χ0) is 19.1. The third-order valence-electron chi connectivity index (χ3n) is 4.29. The zero-order valence-electron chi connectivity index (χ0n) is 14.8. The minimum absolute atomic E-state index is 0.0568. The number of hydrogen-bond donors (Lipinski definition) is 2. The fourth-order valence-corrected chi connectivity index (χ4v) is 2.78. The van der Waals surface area contributed by atoms with Crippen LogP contribution in [0.15, 0.2) is 36.9 Å². The van der Waals surface area contributed by atoms with Gasteiger partial charge in [0, 0.05) is 18.7 Å². The lowest BCUT2D eigenvalue weighted by Gasteiger charge is -2.19. The van der Waals surface area contributed by atoms with Gasteiger partial charge in [0.25, 0.3) is 0 Å². The second-order valence-corrected chi connectivity index (χ2v) is 6.15. The quantitative estimate of drug-likeness (QED) is 0.512. The molecule has 2 amide bonds. The highest BCUT2D eigenvalue weighted by molar-refractivity contribution is 6.00. The number of amides is 2. The van der Waals surface area contributed by atoms with Crippen molar-refractivity contribution in [3.63, 3.8) is 0 Å². The minimum atomic E-state index is -1.18. The fourth-order valence-electron chi connectivity index (χ4n) is 2.78. The first-order chi connectivity index (χ1) is 12.5. The number of benzene rings is 1. The molecule has 0 spiro atoms. The van der Waals surface area contributed by atoms with E-state index >= 15 is 0 Å². The van der Waals surface area contributed by atoms with Crippen LogP contribution in [0, 0.1) is 5.92 Å². The lowest BCUT2D eigenvalue weighted by atomic mass is 10.1. The van der Waals surface area contributed by atoms with Gasteiger partial charge in [0.15, 0.2) is 6.04 Å². The summed E-state index contributed by atoms with van der Waals surface area (Å²) in [5.41, 5.74) is 1.91. The average molecular weight is 360 g/mol. The summed E-state index contributed by atoms with van der Waals surface area (Å²) in [5.74, 6) is -2.38. The molecule has 7 nitrogen and oxygen atoms in total. The van der Waals surface area contributed by atoms with Crippen LogP contribution < -0.4 is 10.2 Å². The van der Waals surface area contributed by atoms with Gasteiger partial charge in [-0.1, -0.05) is 25.1 Å². The number of carboxylic acids is 1. The van der Waals surface area contributed by atoms with E-state index in [1.54, 1.807) is 4.90 Å². The van der Waals surface area contributed by atoms with Gasteiger partial charge in [-0.15, -0.1) is 6.58 Å². The van der Waals surface area contributed by atoms with Crippen molar-refractivity contribution in [2.75, 3.05) is 24.7 Å². The predicted molar refractivity (Wildman–Crippen MR) is 96.9 cm³/mol. The second kappa shape index (κ2) is 9.15. The highest BCUT2D eigenvalue weighted by Crippen LogP contribution is 2.25. The maximum Gasteiger partial charge on any atom is 0.328 e. The predicted octanol–water partition coefficient (Wildman–Crippen LogP) is 1.37. The van der Waals surface area contributed by atoms with Crippen molar-refractivity contribution in [1.82, 2.24) is 5.32 Å². The van der Waals surface area contributed by atoms with E-state index in [0.29, 0.717) is 0 Å².